The lowest BCUT2D eigenvalue weighted by molar-refractivity contribution is 0.0939. The van der Waals surface area contributed by atoms with Gasteiger partial charge in [0.05, 0.1) is 18.0 Å². The summed E-state index contributed by atoms with van der Waals surface area (Å²) in [6, 6.07) is 11.1. The first-order valence-corrected chi connectivity index (χ1v) is 10.3. The summed E-state index contributed by atoms with van der Waals surface area (Å²) in [6.45, 7) is 7.74. The van der Waals surface area contributed by atoms with Crippen LogP contribution in [0, 0.1) is 20.8 Å². The van der Waals surface area contributed by atoms with Crippen molar-refractivity contribution in [2.75, 3.05) is 17.6 Å². The van der Waals surface area contributed by atoms with Crippen LogP contribution in [0.15, 0.2) is 36.4 Å². The van der Waals surface area contributed by atoms with Crippen LogP contribution in [0.4, 0.5) is 5.69 Å². The van der Waals surface area contributed by atoms with Crippen molar-refractivity contribution >= 4 is 21.6 Å². The first-order chi connectivity index (χ1) is 12.0. The first kappa shape index (κ1) is 20.0. The van der Waals surface area contributed by atoms with E-state index in [0.717, 1.165) is 22.9 Å². The van der Waals surface area contributed by atoms with Crippen LogP contribution in [0.2, 0.25) is 0 Å². The Bertz CT molecular complexity index is 936. The summed E-state index contributed by atoms with van der Waals surface area (Å²) in [5.74, 6) is -0.223. The number of benzene rings is 2. The zero-order valence-corrected chi connectivity index (χ0v) is 16.9. The van der Waals surface area contributed by atoms with Gasteiger partial charge in [-0.1, -0.05) is 29.8 Å². The van der Waals surface area contributed by atoms with Crippen LogP contribution in [0.1, 0.15) is 45.6 Å². The molecule has 0 heterocycles. The van der Waals surface area contributed by atoms with Crippen molar-refractivity contribution in [3.8, 4) is 0 Å². The number of amides is 1. The van der Waals surface area contributed by atoms with Gasteiger partial charge in [0.15, 0.2) is 0 Å². The zero-order chi connectivity index (χ0) is 19.6. The van der Waals surface area contributed by atoms with E-state index in [0.29, 0.717) is 16.8 Å². The number of carbonyl (C=O) groups excluding carboxylic acids is 1. The van der Waals surface area contributed by atoms with Gasteiger partial charge in [0.25, 0.3) is 5.91 Å². The van der Waals surface area contributed by atoms with Gasteiger partial charge in [0, 0.05) is 12.6 Å². The van der Waals surface area contributed by atoms with Crippen LogP contribution in [0.25, 0.3) is 0 Å². The van der Waals surface area contributed by atoms with Gasteiger partial charge in [-0.25, -0.2) is 8.42 Å². The van der Waals surface area contributed by atoms with Crippen molar-refractivity contribution in [1.29, 1.82) is 0 Å². The molecule has 0 aliphatic heterocycles. The lowest BCUT2D eigenvalue weighted by Crippen LogP contribution is -2.29. The third-order valence-corrected chi connectivity index (χ3v) is 5.83. The van der Waals surface area contributed by atoms with Gasteiger partial charge in [-0.15, -0.1) is 0 Å². The highest BCUT2D eigenvalue weighted by Gasteiger charge is 2.20. The number of carbonyl (C=O) groups is 1. The summed E-state index contributed by atoms with van der Waals surface area (Å²) in [6.07, 6.45) is 1.14. The minimum absolute atomic E-state index is 0.155. The van der Waals surface area contributed by atoms with Gasteiger partial charge in [-0.05, 0) is 56.5 Å². The maximum absolute atomic E-state index is 12.8. The lowest BCUT2D eigenvalue weighted by Gasteiger charge is -2.22. The third-order valence-electron chi connectivity index (χ3n) is 4.64. The second kappa shape index (κ2) is 7.50. The van der Waals surface area contributed by atoms with Crippen molar-refractivity contribution < 1.29 is 13.2 Å². The van der Waals surface area contributed by atoms with Crippen molar-refractivity contribution in [2.45, 2.75) is 33.7 Å². The van der Waals surface area contributed by atoms with Gasteiger partial charge in [0.1, 0.15) is 0 Å². The topological polar surface area (TPSA) is 66.5 Å². The summed E-state index contributed by atoms with van der Waals surface area (Å²) in [7, 11) is -1.91. The van der Waals surface area contributed by atoms with E-state index in [1.54, 1.807) is 25.1 Å². The molecular weight excluding hydrogens is 348 g/mol. The fourth-order valence-electron chi connectivity index (χ4n) is 2.97. The quantitative estimate of drug-likeness (QED) is 0.871. The van der Waals surface area contributed by atoms with E-state index in [1.165, 1.54) is 11.4 Å². The van der Waals surface area contributed by atoms with Crippen LogP contribution >= 0.6 is 0 Å². The number of sulfonamides is 1. The molecule has 0 saturated heterocycles. The van der Waals surface area contributed by atoms with Crippen LogP contribution in [-0.4, -0.2) is 27.6 Å². The number of aryl methyl sites for hydroxylation is 2. The number of hydrogen-bond acceptors (Lipinski definition) is 3. The molecule has 140 valence electrons. The van der Waals surface area contributed by atoms with Gasteiger partial charge in [0.2, 0.25) is 10.0 Å². The molecule has 0 fully saturated rings. The van der Waals surface area contributed by atoms with Crippen molar-refractivity contribution in [3.05, 3.63) is 64.2 Å². The number of hydrogen-bond donors (Lipinski definition) is 1. The number of anilines is 1. The molecule has 26 heavy (non-hydrogen) atoms. The molecule has 2 aromatic carbocycles. The first-order valence-electron chi connectivity index (χ1n) is 8.44. The molecule has 1 atom stereocenters. The highest BCUT2D eigenvalue weighted by Crippen LogP contribution is 2.25. The monoisotopic (exact) mass is 374 g/mol. The van der Waals surface area contributed by atoms with E-state index in [4.69, 9.17) is 0 Å². The Kier molecular flexibility index (Phi) is 5.76. The van der Waals surface area contributed by atoms with Gasteiger partial charge in [-0.3, -0.25) is 9.10 Å². The Morgan fingerprint density at radius 1 is 1.12 bits per heavy atom. The predicted molar refractivity (Wildman–Crippen MR) is 106 cm³/mol. The molecule has 0 aliphatic rings. The van der Waals surface area contributed by atoms with Crippen LogP contribution in [-0.2, 0) is 10.0 Å². The molecule has 2 aromatic rings. The molecule has 0 saturated carbocycles. The smallest absolute Gasteiger partial charge is 0.252 e. The van der Waals surface area contributed by atoms with E-state index < -0.39 is 10.0 Å². The van der Waals surface area contributed by atoms with Gasteiger partial charge >= 0.3 is 0 Å². The Balaban J connectivity index is 2.32. The Labute approximate surface area is 156 Å². The molecule has 0 spiro atoms. The number of rotatable bonds is 5. The van der Waals surface area contributed by atoms with Gasteiger partial charge in [-0.2, -0.15) is 0 Å². The van der Waals surface area contributed by atoms with Crippen LogP contribution < -0.4 is 9.62 Å². The molecule has 5 nitrogen and oxygen atoms in total. The van der Waals surface area contributed by atoms with Crippen LogP contribution in [0.5, 0.6) is 0 Å². The molecule has 0 bridgehead atoms. The van der Waals surface area contributed by atoms with E-state index in [-0.39, 0.29) is 11.9 Å². The largest absolute Gasteiger partial charge is 0.345 e. The maximum Gasteiger partial charge on any atom is 0.252 e. The van der Waals surface area contributed by atoms with Crippen LogP contribution in [0.3, 0.4) is 0 Å². The average Bonchev–Trinajstić information content (AvgIpc) is 2.55. The summed E-state index contributed by atoms with van der Waals surface area (Å²) < 4.78 is 24.8. The molecular formula is C20H26N2O3S. The second-order valence-electron chi connectivity index (χ2n) is 6.74. The normalized spacial score (nSPS) is 12.5. The summed E-state index contributed by atoms with van der Waals surface area (Å²) in [5, 5.41) is 3.02. The summed E-state index contributed by atoms with van der Waals surface area (Å²) >= 11 is 0. The molecule has 2 rings (SSSR count). The lowest BCUT2D eigenvalue weighted by atomic mass is 9.99. The molecule has 1 amide bonds. The van der Waals surface area contributed by atoms with Crippen molar-refractivity contribution in [2.24, 2.45) is 0 Å². The molecule has 0 unspecified atom stereocenters. The predicted octanol–water partition coefficient (Wildman–Crippen LogP) is 3.50. The zero-order valence-electron chi connectivity index (χ0n) is 16.1. The summed E-state index contributed by atoms with van der Waals surface area (Å²) in [4.78, 5) is 12.8. The third kappa shape index (κ3) is 4.25. The Morgan fingerprint density at radius 2 is 1.77 bits per heavy atom. The molecule has 0 radical (unpaired) electrons. The Morgan fingerprint density at radius 3 is 2.38 bits per heavy atom. The minimum Gasteiger partial charge on any atom is -0.345 e. The number of nitrogens with one attached hydrogen (secondary N) is 1. The molecule has 0 aromatic heterocycles. The van der Waals surface area contributed by atoms with E-state index in [9.17, 15) is 13.2 Å². The number of nitrogens with zero attached hydrogens (tertiary/aromatic N) is 1. The minimum atomic E-state index is -3.40. The maximum atomic E-state index is 12.8. The highest BCUT2D eigenvalue weighted by molar-refractivity contribution is 7.92. The molecule has 6 heteroatoms. The van der Waals surface area contributed by atoms with E-state index in [1.807, 2.05) is 32.9 Å². The average molecular weight is 375 g/mol. The summed E-state index contributed by atoms with van der Waals surface area (Å²) in [5.41, 5.74) is 4.92. The van der Waals surface area contributed by atoms with Crippen molar-refractivity contribution in [3.63, 3.8) is 0 Å². The van der Waals surface area contributed by atoms with E-state index in [2.05, 4.69) is 11.4 Å². The Hall–Kier alpha value is -2.34. The highest BCUT2D eigenvalue weighted by atomic mass is 32.2. The fraction of sp³-hybridized carbons (Fsp3) is 0.350. The fourth-order valence-corrected chi connectivity index (χ4v) is 3.52. The van der Waals surface area contributed by atoms with Crippen molar-refractivity contribution in [1.82, 2.24) is 5.32 Å². The standard InChI is InChI=1S/C20H26N2O3S/c1-13-10-11-14(2)18(12-13)16(4)21-20(23)17-8-7-9-19(15(17)3)22(5)26(6,24)25/h7-12,16H,1-6H3,(H,21,23)/t16-/m1/s1. The molecule has 1 N–H and O–H groups in total. The SMILES string of the molecule is Cc1ccc(C)c([C@@H](C)NC(=O)c2cccc(N(C)S(C)(=O)=O)c2C)c1. The molecule has 0 aliphatic carbocycles. The second-order valence-corrected chi connectivity index (χ2v) is 8.75. The van der Waals surface area contributed by atoms with E-state index >= 15 is 0 Å². The van der Waals surface area contributed by atoms with Gasteiger partial charge < -0.3 is 5.32 Å².